The summed E-state index contributed by atoms with van der Waals surface area (Å²) in [4.78, 5) is 57.6. The van der Waals surface area contributed by atoms with Crippen LogP contribution in [0.4, 0.5) is 0 Å². The normalized spacial score (nSPS) is 28.7. The topological polar surface area (TPSA) is 125 Å². The number of likely N-dealkylation sites (tertiary alicyclic amines) is 1. The van der Waals surface area contributed by atoms with E-state index in [1.165, 1.54) is 4.90 Å². The van der Waals surface area contributed by atoms with Gasteiger partial charge in [0.25, 0.3) is 0 Å². The minimum Gasteiger partial charge on any atom is -0.463 e. The van der Waals surface area contributed by atoms with Gasteiger partial charge in [-0.2, -0.15) is 0 Å². The molecule has 3 fully saturated rings. The van der Waals surface area contributed by atoms with E-state index in [1.807, 2.05) is 44.2 Å². The number of halogens is 1. The number of amides is 3. The van der Waals surface area contributed by atoms with Crippen molar-refractivity contribution in [1.82, 2.24) is 15.1 Å². The number of nitrogens with zero attached hydrogens (tertiary/aromatic N) is 2. The second kappa shape index (κ2) is 13.7. The number of alkyl halides is 1. The van der Waals surface area contributed by atoms with Crippen molar-refractivity contribution >= 4 is 39.6 Å². The highest BCUT2D eigenvalue weighted by Crippen LogP contribution is 2.60. The van der Waals surface area contributed by atoms with Gasteiger partial charge in [-0.05, 0) is 39.2 Å². The molecule has 3 aliphatic rings. The maximum absolute atomic E-state index is 14.2. The lowest BCUT2D eigenvalue weighted by atomic mass is 9.70. The van der Waals surface area contributed by atoms with Crippen molar-refractivity contribution in [2.45, 2.75) is 80.7 Å². The molecule has 2 N–H and O–H groups in total. The smallest absolute Gasteiger partial charge is 0.306 e. The molecule has 0 aromatic heterocycles. The summed E-state index contributed by atoms with van der Waals surface area (Å²) < 4.78 is 12.1. The van der Waals surface area contributed by atoms with Crippen LogP contribution in [0.25, 0.3) is 0 Å². The van der Waals surface area contributed by atoms with Crippen LogP contribution in [0.2, 0.25) is 0 Å². The number of esters is 1. The molecule has 1 spiro atoms. The predicted molar refractivity (Wildman–Crippen MR) is 164 cm³/mol. The number of ether oxygens (including phenoxy) is 2. The second-order valence-corrected chi connectivity index (χ2v) is 13.0. The third-order valence-electron chi connectivity index (χ3n) is 8.72. The zero-order valence-electron chi connectivity index (χ0n) is 25.0. The van der Waals surface area contributed by atoms with Crippen molar-refractivity contribution in [2.24, 2.45) is 11.8 Å². The van der Waals surface area contributed by atoms with Crippen LogP contribution in [0.5, 0.6) is 0 Å². The zero-order chi connectivity index (χ0) is 31.5. The van der Waals surface area contributed by atoms with Gasteiger partial charge in [0.1, 0.15) is 18.2 Å². The maximum Gasteiger partial charge on any atom is 0.306 e. The van der Waals surface area contributed by atoms with Crippen LogP contribution in [0.1, 0.15) is 51.6 Å². The van der Waals surface area contributed by atoms with E-state index in [0.29, 0.717) is 12.8 Å². The lowest BCUT2D eigenvalue weighted by Gasteiger charge is -2.39. The van der Waals surface area contributed by atoms with Crippen LogP contribution < -0.4 is 5.32 Å². The van der Waals surface area contributed by atoms with Gasteiger partial charge in [0.15, 0.2) is 0 Å². The Morgan fingerprint density at radius 2 is 1.93 bits per heavy atom. The number of allylic oxidation sites excluding steroid dienone is 1. The monoisotopic (exact) mass is 659 g/mol. The van der Waals surface area contributed by atoms with Gasteiger partial charge >= 0.3 is 5.97 Å². The average molecular weight is 661 g/mol. The van der Waals surface area contributed by atoms with E-state index < -0.39 is 59.5 Å². The minimum atomic E-state index is -1.26. The van der Waals surface area contributed by atoms with E-state index in [1.54, 1.807) is 24.0 Å². The van der Waals surface area contributed by atoms with Crippen LogP contribution in [-0.2, 0) is 28.7 Å². The van der Waals surface area contributed by atoms with Crippen molar-refractivity contribution in [1.29, 1.82) is 0 Å². The lowest BCUT2D eigenvalue weighted by Crippen LogP contribution is -2.59. The quantitative estimate of drug-likeness (QED) is 0.179. The lowest BCUT2D eigenvalue weighted by molar-refractivity contribution is -0.152. The maximum atomic E-state index is 14.2. The van der Waals surface area contributed by atoms with E-state index in [4.69, 9.17) is 9.47 Å². The molecule has 3 aliphatic heterocycles. The molecule has 1 aromatic carbocycles. The molecule has 0 radical (unpaired) electrons. The molecule has 2 bridgehead atoms. The minimum absolute atomic E-state index is 0.0921. The standard InChI is InChI=1S/C32H42BrN3O7/c1-6-8-14-24(38)42-18-23(21-12-10-9-11-13-21)34-29(39)25-26-30(40)36(20(5)17-37)28(31(41)35(15-7-2)19(3)4)32(26)16-22(33)27(25)43-32/h6-7,9-13,19-20,22-23,25-28,37H,1-2,8,14-18H2,3-5H3,(H,34,39)/t20-,22?,23+,25-,26+,27-,28-,32+/m1/s1. The molecule has 234 valence electrons. The summed E-state index contributed by atoms with van der Waals surface area (Å²) in [5.41, 5.74) is -0.522. The summed E-state index contributed by atoms with van der Waals surface area (Å²) in [5, 5.41) is 13.1. The number of nitrogens with one attached hydrogen (secondary N) is 1. The average Bonchev–Trinajstić information content (AvgIpc) is 3.59. The molecule has 4 rings (SSSR count). The highest BCUT2D eigenvalue weighted by molar-refractivity contribution is 9.09. The Morgan fingerprint density at radius 1 is 1.23 bits per heavy atom. The van der Waals surface area contributed by atoms with Crippen LogP contribution in [-0.4, -0.2) is 93.0 Å². The number of hydrogen-bond acceptors (Lipinski definition) is 7. The van der Waals surface area contributed by atoms with E-state index in [2.05, 4.69) is 34.4 Å². The molecular weight excluding hydrogens is 618 g/mol. The first-order chi connectivity index (χ1) is 20.5. The molecule has 3 heterocycles. The largest absolute Gasteiger partial charge is 0.463 e. The molecule has 43 heavy (non-hydrogen) atoms. The van der Waals surface area contributed by atoms with Crippen LogP contribution >= 0.6 is 15.9 Å². The number of carbonyl (C=O) groups is 4. The summed E-state index contributed by atoms with van der Waals surface area (Å²) in [6.45, 7) is 12.7. The summed E-state index contributed by atoms with van der Waals surface area (Å²) in [5.74, 6) is -3.38. The van der Waals surface area contributed by atoms with Crippen molar-refractivity contribution < 1.29 is 33.8 Å². The summed E-state index contributed by atoms with van der Waals surface area (Å²) in [7, 11) is 0. The molecule has 8 atom stereocenters. The van der Waals surface area contributed by atoms with Gasteiger partial charge in [0.2, 0.25) is 17.7 Å². The first-order valence-corrected chi connectivity index (χ1v) is 15.7. The van der Waals surface area contributed by atoms with E-state index in [-0.39, 0.29) is 43.0 Å². The highest BCUT2D eigenvalue weighted by atomic mass is 79.9. The van der Waals surface area contributed by atoms with Crippen LogP contribution in [0.15, 0.2) is 55.6 Å². The Balaban J connectivity index is 1.67. The molecule has 3 saturated heterocycles. The Hall–Kier alpha value is -3.02. The zero-order valence-corrected chi connectivity index (χ0v) is 26.6. The van der Waals surface area contributed by atoms with E-state index >= 15 is 0 Å². The Labute approximate surface area is 261 Å². The molecular formula is C32H42BrN3O7. The van der Waals surface area contributed by atoms with Crippen molar-refractivity contribution in [3.8, 4) is 0 Å². The molecule has 0 saturated carbocycles. The number of rotatable bonds is 14. The molecule has 1 unspecified atom stereocenters. The SMILES string of the molecule is C=CCCC(=O)OC[C@H](NC(=O)[C@H]1[C@@H]2O[C@@]3(CC2Br)[C@@H]1C(=O)N([C@H](C)CO)[C@@H]3C(=O)N(CC=C)C(C)C)c1ccccc1. The van der Waals surface area contributed by atoms with Gasteiger partial charge in [-0.1, -0.05) is 58.4 Å². The molecule has 11 heteroatoms. The third-order valence-corrected chi connectivity index (χ3v) is 9.56. The van der Waals surface area contributed by atoms with Crippen molar-refractivity contribution in [3.05, 3.63) is 61.2 Å². The third kappa shape index (κ3) is 6.17. The number of benzene rings is 1. The number of aliphatic hydroxyl groups is 1. The first-order valence-electron chi connectivity index (χ1n) is 14.8. The number of fused-ring (bicyclic) bond motifs is 1. The fraction of sp³-hybridized carbons (Fsp3) is 0.562. The van der Waals surface area contributed by atoms with Gasteiger partial charge in [-0.25, -0.2) is 0 Å². The summed E-state index contributed by atoms with van der Waals surface area (Å²) >= 11 is 3.68. The Kier molecular flexibility index (Phi) is 10.5. The number of aliphatic hydroxyl groups excluding tert-OH is 1. The molecule has 1 aromatic rings. The Bertz CT molecular complexity index is 1230. The van der Waals surface area contributed by atoms with Gasteiger partial charge in [-0.15, -0.1) is 13.2 Å². The van der Waals surface area contributed by atoms with E-state index in [9.17, 15) is 24.3 Å². The fourth-order valence-corrected chi connectivity index (χ4v) is 7.65. The first kappa shape index (κ1) is 32.9. The fourth-order valence-electron chi connectivity index (χ4n) is 6.70. The number of carbonyl (C=O) groups excluding carboxylic acids is 4. The molecule has 3 amide bonds. The predicted octanol–water partition coefficient (Wildman–Crippen LogP) is 2.91. The van der Waals surface area contributed by atoms with Crippen LogP contribution in [0.3, 0.4) is 0 Å². The Morgan fingerprint density at radius 3 is 2.53 bits per heavy atom. The second-order valence-electron chi connectivity index (χ2n) is 11.8. The van der Waals surface area contributed by atoms with Crippen molar-refractivity contribution in [2.75, 3.05) is 19.8 Å². The van der Waals surface area contributed by atoms with Crippen molar-refractivity contribution in [3.63, 3.8) is 0 Å². The summed E-state index contributed by atoms with van der Waals surface area (Å²) in [6.07, 6.45) is 3.61. The number of hydrogen-bond donors (Lipinski definition) is 2. The van der Waals surface area contributed by atoms with Gasteiger partial charge in [-0.3, -0.25) is 19.2 Å². The van der Waals surface area contributed by atoms with Gasteiger partial charge in [0.05, 0.1) is 36.6 Å². The highest BCUT2D eigenvalue weighted by Gasteiger charge is 2.77. The summed E-state index contributed by atoms with van der Waals surface area (Å²) in [6, 6.07) is 6.61. The van der Waals surface area contributed by atoms with Gasteiger partial charge < -0.3 is 29.7 Å². The molecule has 10 nitrogen and oxygen atoms in total. The van der Waals surface area contributed by atoms with Crippen LogP contribution in [0, 0.1) is 11.8 Å². The van der Waals surface area contributed by atoms with Gasteiger partial charge in [0, 0.05) is 23.8 Å². The van der Waals surface area contributed by atoms with E-state index in [0.717, 1.165) is 5.56 Å². The molecule has 0 aliphatic carbocycles.